The van der Waals surface area contributed by atoms with Crippen LogP contribution in [0.1, 0.15) is 13.3 Å². The molecule has 9 heteroatoms. The molecule has 0 amide bonds. The van der Waals surface area contributed by atoms with E-state index in [9.17, 15) is 9.50 Å². The third kappa shape index (κ3) is 5.25. The summed E-state index contributed by atoms with van der Waals surface area (Å²) in [6.07, 6.45) is 2.68. The topological polar surface area (TPSA) is 96.9 Å². The molecule has 0 fully saturated rings. The van der Waals surface area contributed by atoms with E-state index in [-0.39, 0.29) is 5.82 Å². The largest absolute Gasteiger partial charge is 0.494 e. The second-order valence-electron chi connectivity index (χ2n) is 6.87. The van der Waals surface area contributed by atoms with E-state index in [4.69, 9.17) is 4.74 Å². The zero-order valence-electron chi connectivity index (χ0n) is 18.2. The number of aryl methyl sites for hydroxylation is 1. The third-order valence-electron chi connectivity index (χ3n) is 4.67. The molecule has 0 spiro atoms. The van der Waals surface area contributed by atoms with Crippen molar-refractivity contribution in [3.63, 3.8) is 0 Å². The summed E-state index contributed by atoms with van der Waals surface area (Å²) in [5.74, 6) is 0.991. The van der Waals surface area contributed by atoms with Crippen molar-refractivity contribution >= 4 is 24.3 Å². The van der Waals surface area contributed by atoms with Crippen molar-refractivity contribution in [1.82, 2.24) is 14.8 Å². The summed E-state index contributed by atoms with van der Waals surface area (Å²) >= 11 is 0. The molecule has 2 aromatic carbocycles. The zero-order chi connectivity index (χ0) is 23.1. The highest BCUT2D eigenvalue weighted by Crippen LogP contribution is 2.35. The Bertz CT molecular complexity index is 1140. The minimum absolute atomic E-state index is 0.314. The standard InChI is InChI=1S/C23H25FN6O2/c1-5-20(31)18(13-26-16-11-9-15(24)10-12-16)22(25-2)28-19-8-6-7-17(21(19)32-4)23-27-14-30(3)29-23/h6-14,20,28,31H,2,5H2,1,3-4H3/b22-18-,26-13-. The van der Waals surface area contributed by atoms with Crippen LogP contribution >= 0.6 is 0 Å². The molecule has 3 rings (SSSR count). The number of nitrogens with zero attached hydrogens (tertiary/aromatic N) is 5. The first-order valence-corrected chi connectivity index (χ1v) is 9.95. The number of aliphatic hydroxyl groups excluding tert-OH is 1. The van der Waals surface area contributed by atoms with E-state index in [1.807, 2.05) is 25.1 Å². The number of hydrogen-bond acceptors (Lipinski definition) is 7. The van der Waals surface area contributed by atoms with Gasteiger partial charge in [0.15, 0.2) is 11.6 Å². The number of nitrogens with one attached hydrogen (secondary N) is 1. The SMILES string of the molecule is C=N/C(Nc1cccc(-c2ncn(C)n2)c1OC)=C(\C=N/c1ccc(F)cc1)C(O)CC. The second kappa shape index (κ2) is 10.5. The fourth-order valence-corrected chi connectivity index (χ4v) is 3.02. The van der Waals surface area contributed by atoms with Gasteiger partial charge in [0.05, 0.1) is 30.2 Å². The van der Waals surface area contributed by atoms with Gasteiger partial charge < -0.3 is 15.2 Å². The first-order valence-electron chi connectivity index (χ1n) is 9.95. The van der Waals surface area contributed by atoms with Crippen LogP contribution in [0, 0.1) is 5.82 Å². The average Bonchev–Trinajstić information content (AvgIpc) is 3.25. The lowest BCUT2D eigenvalue weighted by Gasteiger charge is -2.17. The van der Waals surface area contributed by atoms with Gasteiger partial charge in [-0.15, -0.1) is 0 Å². The number of anilines is 1. The number of halogens is 1. The fraction of sp³-hybridized carbons (Fsp3) is 0.217. The van der Waals surface area contributed by atoms with Crippen LogP contribution in [0.25, 0.3) is 11.4 Å². The van der Waals surface area contributed by atoms with E-state index < -0.39 is 6.10 Å². The summed E-state index contributed by atoms with van der Waals surface area (Å²) in [4.78, 5) is 12.7. The van der Waals surface area contributed by atoms with Gasteiger partial charge in [0.25, 0.3) is 0 Å². The molecule has 0 bridgehead atoms. The molecule has 32 heavy (non-hydrogen) atoms. The third-order valence-corrected chi connectivity index (χ3v) is 4.67. The Morgan fingerprint density at radius 2 is 2.06 bits per heavy atom. The van der Waals surface area contributed by atoms with Gasteiger partial charge in [-0.2, -0.15) is 5.10 Å². The Kier molecular flexibility index (Phi) is 7.45. The van der Waals surface area contributed by atoms with Gasteiger partial charge in [0.1, 0.15) is 18.0 Å². The first kappa shape index (κ1) is 22.8. The van der Waals surface area contributed by atoms with Crippen molar-refractivity contribution in [1.29, 1.82) is 0 Å². The van der Waals surface area contributed by atoms with Crippen LogP contribution in [0.4, 0.5) is 15.8 Å². The van der Waals surface area contributed by atoms with Gasteiger partial charge in [-0.05, 0) is 49.5 Å². The monoisotopic (exact) mass is 436 g/mol. The fourth-order valence-electron chi connectivity index (χ4n) is 3.02. The average molecular weight is 436 g/mol. The summed E-state index contributed by atoms with van der Waals surface area (Å²) in [6.45, 7) is 5.48. The Morgan fingerprint density at radius 3 is 2.66 bits per heavy atom. The van der Waals surface area contributed by atoms with E-state index in [1.54, 1.807) is 37.3 Å². The van der Waals surface area contributed by atoms with E-state index in [2.05, 4.69) is 32.1 Å². The van der Waals surface area contributed by atoms with Crippen molar-refractivity contribution < 1.29 is 14.2 Å². The maximum absolute atomic E-state index is 13.2. The lowest BCUT2D eigenvalue weighted by molar-refractivity contribution is 0.212. The van der Waals surface area contributed by atoms with Crippen molar-refractivity contribution in [2.45, 2.75) is 19.4 Å². The molecule has 1 unspecified atom stereocenters. The summed E-state index contributed by atoms with van der Waals surface area (Å²) < 4.78 is 20.4. The lowest BCUT2D eigenvalue weighted by atomic mass is 10.1. The molecule has 0 saturated heterocycles. The van der Waals surface area contributed by atoms with Crippen molar-refractivity contribution in [3.05, 3.63) is 66.0 Å². The van der Waals surface area contributed by atoms with Gasteiger partial charge >= 0.3 is 0 Å². The molecule has 1 atom stereocenters. The van der Waals surface area contributed by atoms with Gasteiger partial charge in [-0.1, -0.05) is 13.0 Å². The number of para-hydroxylation sites is 1. The predicted octanol–water partition coefficient (Wildman–Crippen LogP) is 4.13. The molecule has 1 heterocycles. The molecule has 1 aromatic heterocycles. The number of aliphatic imine (C=N–C) groups is 2. The number of aliphatic hydroxyl groups is 1. The maximum Gasteiger partial charge on any atom is 0.184 e. The summed E-state index contributed by atoms with van der Waals surface area (Å²) in [6, 6.07) is 11.2. The molecule has 0 radical (unpaired) electrons. The van der Waals surface area contributed by atoms with Gasteiger partial charge in [0, 0.05) is 18.8 Å². The van der Waals surface area contributed by atoms with Gasteiger partial charge in [-0.25, -0.2) is 14.4 Å². The highest BCUT2D eigenvalue weighted by Gasteiger charge is 2.18. The van der Waals surface area contributed by atoms with E-state index in [0.717, 1.165) is 0 Å². The molecule has 166 valence electrons. The number of hydrogen-bond donors (Lipinski definition) is 2. The van der Waals surface area contributed by atoms with Crippen molar-refractivity contribution in [3.8, 4) is 17.1 Å². The molecule has 0 aliphatic carbocycles. The summed E-state index contributed by atoms with van der Waals surface area (Å²) in [7, 11) is 3.34. The van der Waals surface area contributed by atoms with Crippen LogP contribution in [0.5, 0.6) is 5.75 Å². The highest BCUT2D eigenvalue weighted by atomic mass is 19.1. The molecule has 0 saturated carbocycles. The highest BCUT2D eigenvalue weighted by molar-refractivity contribution is 5.85. The molecule has 0 aliphatic rings. The van der Waals surface area contributed by atoms with Crippen LogP contribution in [0.15, 0.2) is 70.2 Å². The van der Waals surface area contributed by atoms with Crippen LogP contribution in [0.2, 0.25) is 0 Å². The minimum atomic E-state index is -0.848. The van der Waals surface area contributed by atoms with Gasteiger partial charge in [-0.3, -0.25) is 9.67 Å². The smallest absolute Gasteiger partial charge is 0.184 e. The van der Waals surface area contributed by atoms with Crippen LogP contribution in [-0.4, -0.2) is 46.0 Å². The van der Waals surface area contributed by atoms with Gasteiger partial charge in [0.2, 0.25) is 0 Å². The summed E-state index contributed by atoms with van der Waals surface area (Å²) in [5.41, 5.74) is 2.25. The Labute approximate surface area is 185 Å². The van der Waals surface area contributed by atoms with Crippen LogP contribution in [0.3, 0.4) is 0 Å². The number of benzene rings is 2. The number of methoxy groups -OCH3 is 1. The lowest BCUT2D eigenvalue weighted by Crippen LogP contribution is -2.16. The summed E-state index contributed by atoms with van der Waals surface area (Å²) in [5, 5.41) is 18.1. The first-order chi connectivity index (χ1) is 15.5. The second-order valence-corrected chi connectivity index (χ2v) is 6.87. The van der Waals surface area contributed by atoms with Crippen molar-refractivity contribution in [2.24, 2.45) is 17.0 Å². The van der Waals surface area contributed by atoms with Crippen molar-refractivity contribution in [2.75, 3.05) is 12.4 Å². The predicted molar refractivity (Wildman–Crippen MR) is 124 cm³/mol. The number of rotatable bonds is 9. The molecule has 3 aromatic rings. The molecule has 8 nitrogen and oxygen atoms in total. The molecular weight excluding hydrogens is 411 g/mol. The normalized spacial score (nSPS) is 13.0. The minimum Gasteiger partial charge on any atom is -0.494 e. The Balaban J connectivity index is 2.02. The quantitative estimate of drug-likeness (QED) is 0.492. The van der Waals surface area contributed by atoms with Crippen LogP contribution < -0.4 is 10.1 Å². The molecular formula is C23H25FN6O2. The molecule has 2 N–H and O–H groups in total. The number of aromatic nitrogens is 3. The Hall–Kier alpha value is -3.85. The molecule has 0 aliphatic heterocycles. The zero-order valence-corrected chi connectivity index (χ0v) is 18.2. The van der Waals surface area contributed by atoms with E-state index in [0.29, 0.717) is 46.3 Å². The number of ether oxygens (including phenoxy) is 1. The Morgan fingerprint density at radius 1 is 1.31 bits per heavy atom. The van der Waals surface area contributed by atoms with E-state index >= 15 is 0 Å². The maximum atomic E-state index is 13.2. The van der Waals surface area contributed by atoms with Crippen LogP contribution in [-0.2, 0) is 7.05 Å². The van der Waals surface area contributed by atoms with E-state index in [1.165, 1.54) is 18.3 Å².